The predicted octanol–water partition coefficient (Wildman–Crippen LogP) is 2.80. The lowest BCUT2D eigenvalue weighted by molar-refractivity contribution is 0.342. The summed E-state index contributed by atoms with van der Waals surface area (Å²) in [5.41, 5.74) is 3.01. The average molecular weight is 185 g/mol. The van der Waals surface area contributed by atoms with E-state index in [0.717, 1.165) is 12.5 Å². The monoisotopic (exact) mass is 185 g/mol. The molecule has 0 radical (unpaired) electrons. The molecule has 3 rings (SSSR count). The number of likely N-dealkylation sites (tertiary alicyclic amines) is 1. The first-order valence-electron chi connectivity index (χ1n) is 5.40. The molecule has 0 saturated carbocycles. The molecule has 1 heteroatoms. The summed E-state index contributed by atoms with van der Waals surface area (Å²) in [6.45, 7) is 2.38. The molecule has 1 fully saturated rings. The highest BCUT2D eigenvalue weighted by atomic mass is 15.2. The fourth-order valence-corrected chi connectivity index (χ4v) is 2.56. The van der Waals surface area contributed by atoms with Crippen molar-refractivity contribution in [3.05, 3.63) is 47.7 Å². The van der Waals surface area contributed by atoms with E-state index in [4.69, 9.17) is 0 Å². The van der Waals surface area contributed by atoms with Crippen LogP contribution in [0.5, 0.6) is 0 Å². The molecule has 2 bridgehead atoms. The van der Waals surface area contributed by atoms with Gasteiger partial charge in [-0.1, -0.05) is 36.4 Å². The maximum Gasteiger partial charge on any atom is 0.0426 e. The molecule has 2 aliphatic rings. The summed E-state index contributed by atoms with van der Waals surface area (Å²) in [6, 6.07) is 10.8. The second kappa shape index (κ2) is 3.16. The Bertz CT molecular complexity index is 353. The summed E-state index contributed by atoms with van der Waals surface area (Å²) in [5, 5.41) is 0. The van der Waals surface area contributed by atoms with Crippen LogP contribution in [0.3, 0.4) is 0 Å². The van der Waals surface area contributed by atoms with Crippen LogP contribution in [0.2, 0.25) is 0 Å². The SMILES string of the molecule is C1=C2CC(C1)CN2Cc1ccccc1. The molecular weight excluding hydrogens is 170 g/mol. The first-order valence-corrected chi connectivity index (χ1v) is 5.40. The number of hydrogen-bond acceptors (Lipinski definition) is 1. The summed E-state index contributed by atoms with van der Waals surface area (Å²) in [4.78, 5) is 2.53. The molecule has 1 unspecified atom stereocenters. The molecule has 0 aromatic heterocycles. The van der Waals surface area contributed by atoms with Crippen molar-refractivity contribution in [3.63, 3.8) is 0 Å². The van der Waals surface area contributed by atoms with E-state index in [1.54, 1.807) is 5.70 Å². The summed E-state index contributed by atoms with van der Waals surface area (Å²) >= 11 is 0. The Labute approximate surface area is 85.0 Å². The van der Waals surface area contributed by atoms with E-state index in [1.165, 1.54) is 24.9 Å². The summed E-state index contributed by atoms with van der Waals surface area (Å²) in [6.07, 6.45) is 5.06. The molecule has 1 aromatic rings. The lowest BCUT2D eigenvalue weighted by Crippen LogP contribution is -2.21. The smallest absolute Gasteiger partial charge is 0.0426 e. The van der Waals surface area contributed by atoms with Gasteiger partial charge in [0.05, 0.1) is 0 Å². The molecule has 0 spiro atoms. The first-order chi connectivity index (χ1) is 6.92. The van der Waals surface area contributed by atoms with Gasteiger partial charge in [-0.25, -0.2) is 0 Å². The Morgan fingerprint density at radius 2 is 2.07 bits per heavy atom. The van der Waals surface area contributed by atoms with Crippen molar-refractivity contribution >= 4 is 0 Å². The van der Waals surface area contributed by atoms with Gasteiger partial charge in [-0.15, -0.1) is 0 Å². The third-order valence-corrected chi connectivity index (χ3v) is 3.29. The molecule has 1 nitrogen and oxygen atoms in total. The van der Waals surface area contributed by atoms with Crippen molar-refractivity contribution in [2.75, 3.05) is 6.54 Å². The Morgan fingerprint density at radius 3 is 2.71 bits per heavy atom. The number of allylic oxidation sites excluding steroid dienone is 2. The molecule has 0 N–H and O–H groups in total. The minimum atomic E-state index is 0.925. The molecule has 1 heterocycles. The maximum absolute atomic E-state index is 2.53. The summed E-state index contributed by atoms with van der Waals surface area (Å²) in [5.74, 6) is 0.925. The minimum absolute atomic E-state index is 0.925. The normalized spacial score (nSPS) is 24.1. The number of rotatable bonds is 2. The van der Waals surface area contributed by atoms with E-state index in [1.807, 2.05) is 0 Å². The van der Waals surface area contributed by atoms with Gasteiger partial charge in [0.25, 0.3) is 0 Å². The van der Waals surface area contributed by atoms with Crippen LogP contribution in [0.1, 0.15) is 18.4 Å². The Hall–Kier alpha value is -1.24. The number of nitrogens with zero attached hydrogens (tertiary/aromatic N) is 1. The number of benzene rings is 1. The highest BCUT2D eigenvalue weighted by Crippen LogP contribution is 2.36. The zero-order chi connectivity index (χ0) is 9.38. The second-order valence-electron chi connectivity index (χ2n) is 4.37. The molecule has 14 heavy (non-hydrogen) atoms. The Kier molecular flexibility index (Phi) is 1.83. The predicted molar refractivity (Wildman–Crippen MR) is 57.7 cm³/mol. The molecule has 72 valence electrons. The Balaban J connectivity index is 1.74. The zero-order valence-corrected chi connectivity index (χ0v) is 8.32. The van der Waals surface area contributed by atoms with Gasteiger partial charge >= 0.3 is 0 Å². The van der Waals surface area contributed by atoms with Gasteiger partial charge in [-0.3, -0.25) is 0 Å². The van der Waals surface area contributed by atoms with Crippen molar-refractivity contribution in [2.45, 2.75) is 19.4 Å². The van der Waals surface area contributed by atoms with Crippen molar-refractivity contribution in [1.29, 1.82) is 0 Å². The van der Waals surface area contributed by atoms with Crippen molar-refractivity contribution in [3.8, 4) is 0 Å². The van der Waals surface area contributed by atoms with Crippen molar-refractivity contribution < 1.29 is 0 Å². The fourth-order valence-electron chi connectivity index (χ4n) is 2.56. The van der Waals surface area contributed by atoms with Gasteiger partial charge in [-0.2, -0.15) is 0 Å². The van der Waals surface area contributed by atoms with E-state index in [-0.39, 0.29) is 0 Å². The molecule has 0 amide bonds. The van der Waals surface area contributed by atoms with Crippen molar-refractivity contribution in [1.82, 2.24) is 4.90 Å². The molecule has 1 aromatic carbocycles. The van der Waals surface area contributed by atoms with Gasteiger partial charge < -0.3 is 4.90 Å². The summed E-state index contributed by atoms with van der Waals surface area (Å²) < 4.78 is 0. The van der Waals surface area contributed by atoms with Crippen LogP contribution < -0.4 is 0 Å². The van der Waals surface area contributed by atoms with Crippen molar-refractivity contribution in [2.24, 2.45) is 5.92 Å². The van der Waals surface area contributed by atoms with Gasteiger partial charge in [0.2, 0.25) is 0 Å². The third kappa shape index (κ3) is 1.33. The van der Waals surface area contributed by atoms with E-state index in [2.05, 4.69) is 41.3 Å². The summed E-state index contributed by atoms with van der Waals surface area (Å²) in [7, 11) is 0. The van der Waals surface area contributed by atoms with Gasteiger partial charge in [0.15, 0.2) is 0 Å². The van der Waals surface area contributed by atoms with Gasteiger partial charge in [0.1, 0.15) is 0 Å². The molecule has 1 saturated heterocycles. The van der Waals surface area contributed by atoms with E-state index in [9.17, 15) is 0 Å². The van der Waals surface area contributed by atoms with E-state index in [0.29, 0.717) is 0 Å². The van der Waals surface area contributed by atoms with Gasteiger partial charge in [-0.05, 0) is 24.3 Å². The maximum atomic E-state index is 2.53. The van der Waals surface area contributed by atoms with Crippen LogP contribution in [0.25, 0.3) is 0 Å². The van der Waals surface area contributed by atoms with Crippen LogP contribution >= 0.6 is 0 Å². The zero-order valence-electron chi connectivity index (χ0n) is 8.32. The molecule has 1 atom stereocenters. The van der Waals surface area contributed by atoms with Crippen LogP contribution in [-0.4, -0.2) is 11.4 Å². The lowest BCUT2D eigenvalue weighted by Gasteiger charge is -2.23. The highest BCUT2D eigenvalue weighted by Gasteiger charge is 2.30. The van der Waals surface area contributed by atoms with Crippen LogP contribution in [0.15, 0.2) is 42.1 Å². The molecular formula is C13H15N. The third-order valence-electron chi connectivity index (χ3n) is 3.29. The quantitative estimate of drug-likeness (QED) is 0.684. The van der Waals surface area contributed by atoms with E-state index < -0.39 is 0 Å². The topological polar surface area (TPSA) is 3.24 Å². The second-order valence-corrected chi connectivity index (χ2v) is 4.37. The fraction of sp³-hybridized carbons (Fsp3) is 0.385. The van der Waals surface area contributed by atoms with Crippen LogP contribution in [-0.2, 0) is 6.54 Å². The van der Waals surface area contributed by atoms with Gasteiger partial charge in [0, 0.05) is 18.8 Å². The molecule has 1 aliphatic heterocycles. The number of hydrogen-bond donors (Lipinski definition) is 0. The highest BCUT2D eigenvalue weighted by molar-refractivity contribution is 5.20. The first kappa shape index (κ1) is 8.10. The minimum Gasteiger partial charge on any atom is -0.370 e. The van der Waals surface area contributed by atoms with E-state index >= 15 is 0 Å². The van der Waals surface area contributed by atoms with Crippen LogP contribution in [0, 0.1) is 5.92 Å². The number of fused-ring (bicyclic) bond motifs is 2. The Morgan fingerprint density at radius 1 is 1.21 bits per heavy atom. The standard InChI is InChI=1S/C13H15N/c1-2-4-11(5-3-1)9-14-10-12-6-7-13(14)8-12/h1-5,7,12H,6,8-10H2. The van der Waals surface area contributed by atoms with Crippen LogP contribution in [0.4, 0.5) is 0 Å². The molecule has 1 aliphatic carbocycles. The average Bonchev–Trinajstić information content (AvgIpc) is 2.81. The largest absolute Gasteiger partial charge is 0.370 e. The lowest BCUT2D eigenvalue weighted by atomic mass is 10.1.